The van der Waals surface area contributed by atoms with Crippen molar-refractivity contribution in [3.05, 3.63) is 0 Å². The average molecular weight is 158 g/mol. The molecule has 3 nitrogen and oxygen atoms in total. The molecule has 2 atom stereocenters. The lowest BCUT2D eigenvalue weighted by molar-refractivity contribution is -0.121. The van der Waals surface area contributed by atoms with E-state index in [1.54, 1.807) is 0 Å². The van der Waals surface area contributed by atoms with Gasteiger partial charge in [0.15, 0.2) is 0 Å². The Kier molecular flexibility index (Phi) is 4.86. The molecule has 0 bridgehead atoms. The second-order valence-corrected chi connectivity index (χ2v) is 3.04. The van der Waals surface area contributed by atoms with Crippen molar-refractivity contribution in [1.82, 2.24) is 5.32 Å². The first-order chi connectivity index (χ1) is 5.06. The van der Waals surface area contributed by atoms with Crippen LogP contribution in [0.2, 0.25) is 0 Å². The van der Waals surface area contributed by atoms with Crippen LogP contribution in [0.25, 0.3) is 0 Å². The van der Waals surface area contributed by atoms with Crippen LogP contribution >= 0.6 is 0 Å². The lowest BCUT2D eigenvalue weighted by atomic mass is 10.1. The molecule has 0 aliphatic carbocycles. The van der Waals surface area contributed by atoms with Gasteiger partial charge in [0, 0.05) is 18.5 Å². The fourth-order valence-corrected chi connectivity index (χ4v) is 0.993. The monoisotopic (exact) mass is 158 g/mol. The van der Waals surface area contributed by atoms with E-state index in [1.807, 2.05) is 20.8 Å². The van der Waals surface area contributed by atoms with Crippen LogP contribution in [0.5, 0.6) is 0 Å². The first-order valence-corrected chi connectivity index (χ1v) is 4.11. The van der Waals surface area contributed by atoms with Crippen LogP contribution < -0.4 is 11.1 Å². The van der Waals surface area contributed by atoms with Gasteiger partial charge >= 0.3 is 0 Å². The van der Waals surface area contributed by atoms with E-state index in [0.717, 1.165) is 6.42 Å². The molecule has 0 saturated carbocycles. The molecule has 66 valence electrons. The summed E-state index contributed by atoms with van der Waals surface area (Å²) in [5, 5.41) is 2.84. The molecule has 0 heterocycles. The molecule has 11 heavy (non-hydrogen) atoms. The summed E-state index contributed by atoms with van der Waals surface area (Å²) in [6.07, 6.45) is 1.38. The molecule has 0 saturated heterocycles. The molecule has 0 fully saturated rings. The second kappa shape index (κ2) is 5.13. The molecule has 1 amide bonds. The van der Waals surface area contributed by atoms with Gasteiger partial charge in [-0.15, -0.1) is 0 Å². The van der Waals surface area contributed by atoms with Gasteiger partial charge in [-0.05, 0) is 20.3 Å². The Labute approximate surface area is 68.3 Å². The van der Waals surface area contributed by atoms with Crippen molar-refractivity contribution in [3.63, 3.8) is 0 Å². The molecule has 0 aromatic carbocycles. The number of carbonyl (C=O) groups is 1. The maximum Gasteiger partial charge on any atom is 0.219 e. The third kappa shape index (κ3) is 5.85. The molecule has 0 spiro atoms. The predicted molar refractivity (Wildman–Crippen MR) is 46.2 cm³/mol. The van der Waals surface area contributed by atoms with Gasteiger partial charge in [-0.2, -0.15) is 0 Å². The maximum absolute atomic E-state index is 10.9. The molecule has 0 radical (unpaired) electrons. The fraction of sp³-hybridized carbons (Fsp3) is 0.875. The molecule has 2 unspecified atom stereocenters. The summed E-state index contributed by atoms with van der Waals surface area (Å²) >= 11 is 0. The summed E-state index contributed by atoms with van der Waals surface area (Å²) in [4.78, 5) is 10.9. The highest BCUT2D eigenvalue weighted by Gasteiger charge is 2.06. The minimum Gasteiger partial charge on any atom is -0.354 e. The van der Waals surface area contributed by atoms with Crippen LogP contribution in [0.3, 0.4) is 0 Å². The highest BCUT2D eigenvalue weighted by Crippen LogP contribution is 1.94. The topological polar surface area (TPSA) is 55.1 Å². The van der Waals surface area contributed by atoms with Crippen molar-refractivity contribution in [3.8, 4) is 0 Å². The number of nitrogens with one attached hydrogen (secondary N) is 1. The van der Waals surface area contributed by atoms with E-state index in [2.05, 4.69) is 5.32 Å². The van der Waals surface area contributed by atoms with Crippen molar-refractivity contribution in [2.45, 2.75) is 45.7 Å². The molecule has 0 aliphatic rings. The second-order valence-electron chi connectivity index (χ2n) is 3.04. The van der Waals surface area contributed by atoms with Gasteiger partial charge < -0.3 is 11.1 Å². The molecule has 0 aromatic rings. The molecule has 0 rings (SSSR count). The molecular weight excluding hydrogens is 140 g/mol. The highest BCUT2D eigenvalue weighted by molar-refractivity contribution is 5.75. The van der Waals surface area contributed by atoms with E-state index in [9.17, 15) is 4.79 Å². The van der Waals surface area contributed by atoms with Gasteiger partial charge in [0.1, 0.15) is 0 Å². The standard InChI is InChI=1S/C8H18N2O/c1-4-8(11)10-7(3)5-6(2)9/h6-7H,4-5,9H2,1-3H3,(H,10,11). The van der Waals surface area contributed by atoms with E-state index in [4.69, 9.17) is 5.73 Å². The van der Waals surface area contributed by atoms with Crippen LogP contribution in [0.15, 0.2) is 0 Å². The minimum absolute atomic E-state index is 0.0955. The normalized spacial score (nSPS) is 15.6. The van der Waals surface area contributed by atoms with Gasteiger partial charge in [-0.1, -0.05) is 6.92 Å². The molecule has 3 N–H and O–H groups in total. The van der Waals surface area contributed by atoms with Crippen molar-refractivity contribution >= 4 is 5.91 Å². The van der Waals surface area contributed by atoms with E-state index < -0.39 is 0 Å². The summed E-state index contributed by atoms with van der Waals surface area (Å²) in [6, 6.07) is 0.351. The van der Waals surface area contributed by atoms with Crippen LogP contribution in [-0.2, 0) is 4.79 Å². The van der Waals surface area contributed by atoms with E-state index in [1.165, 1.54) is 0 Å². The van der Waals surface area contributed by atoms with Crippen LogP contribution in [0.4, 0.5) is 0 Å². The average Bonchev–Trinajstić information content (AvgIpc) is 1.85. The Morgan fingerprint density at radius 3 is 2.45 bits per heavy atom. The SMILES string of the molecule is CCC(=O)NC(C)CC(C)N. The lowest BCUT2D eigenvalue weighted by Gasteiger charge is -2.14. The fourth-order valence-electron chi connectivity index (χ4n) is 0.993. The molecular formula is C8H18N2O. The van der Waals surface area contributed by atoms with Crippen LogP contribution in [0, 0.1) is 0 Å². The van der Waals surface area contributed by atoms with Crippen LogP contribution in [0.1, 0.15) is 33.6 Å². The maximum atomic E-state index is 10.9. The zero-order chi connectivity index (χ0) is 8.85. The van der Waals surface area contributed by atoms with Gasteiger partial charge in [-0.3, -0.25) is 4.79 Å². The predicted octanol–water partition coefficient (Wildman–Crippen LogP) is 0.638. The zero-order valence-corrected chi connectivity index (χ0v) is 7.55. The summed E-state index contributed by atoms with van der Waals surface area (Å²) in [6.45, 7) is 5.75. The number of hydrogen-bond acceptors (Lipinski definition) is 2. The summed E-state index contributed by atoms with van der Waals surface area (Å²) in [5.74, 6) is 0.0955. The summed E-state index contributed by atoms with van der Waals surface area (Å²) < 4.78 is 0. The van der Waals surface area contributed by atoms with Crippen LogP contribution in [-0.4, -0.2) is 18.0 Å². The first kappa shape index (κ1) is 10.4. The Morgan fingerprint density at radius 1 is 1.55 bits per heavy atom. The third-order valence-electron chi connectivity index (χ3n) is 1.45. The van der Waals surface area contributed by atoms with E-state index in [0.29, 0.717) is 6.42 Å². The van der Waals surface area contributed by atoms with Gasteiger partial charge in [0.2, 0.25) is 5.91 Å². The smallest absolute Gasteiger partial charge is 0.219 e. The van der Waals surface area contributed by atoms with E-state index in [-0.39, 0.29) is 18.0 Å². The zero-order valence-electron chi connectivity index (χ0n) is 7.55. The Bertz CT molecular complexity index is 123. The quantitative estimate of drug-likeness (QED) is 0.630. The van der Waals surface area contributed by atoms with Gasteiger partial charge in [-0.25, -0.2) is 0 Å². The largest absolute Gasteiger partial charge is 0.354 e. The van der Waals surface area contributed by atoms with Crippen molar-refractivity contribution < 1.29 is 4.79 Å². The van der Waals surface area contributed by atoms with Crippen molar-refractivity contribution in [1.29, 1.82) is 0 Å². The molecule has 0 aromatic heterocycles. The molecule has 3 heteroatoms. The highest BCUT2D eigenvalue weighted by atomic mass is 16.1. The third-order valence-corrected chi connectivity index (χ3v) is 1.45. The number of amides is 1. The number of carbonyl (C=O) groups excluding carboxylic acids is 1. The van der Waals surface area contributed by atoms with E-state index >= 15 is 0 Å². The minimum atomic E-state index is 0.0955. The van der Waals surface area contributed by atoms with Crippen molar-refractivity contribution in [2.75, 3.05) is 0 Å². The number of rotatable bonds is 4. The first-order valence-electron chi connectivity index (χ1n) is 4.11. The Morgan fingerprint density at radius 2 is 2.09 bits per heavy atom. The number of nitrogens with two attached hydrogens (primary N) is 1. The lowest BCUT2D eigenvalue weighted by Crippen LogP contribution is -2.36. The molecule has 0 aliphatic heterocycles. The van der Waals surface area contributed by atoms with Crippen molar-refractivity contribution in [2.24, 2.45) is 5.73 Å². The summed E-state index contributed by atoms with van der Waals surface area (Å²) in [7, 11) is 0. The Hall–Kier alpha value is -0.570. The Balaban J connectivity index is 3.51. The summed E-state index contributed by atoms with van der Waals surface area (Å²) in [5.41, 5.74) is 5.56. The number of hydrogen-bond donors (Lipinski definition) is 2. The van der Waals surface area contributed by atoms with Gasteiger partial charge in [0.25, 0.3) is 0 Å². The van der Waals surface area contributed by atoms with Gasteiger partial charge in [0.05, 0.1) is 0 Å².